The number of nitriles is 1. The first-order valence-corrected chi connectivity index (χ1v) is 11.3. The lowest BCUT2D eigenvalue weighted by molar-refractivity contribution is 0.292. The van der Waals surface area contributed by atoms with Gasteiger partial charge in [-0.15, -0.1) is 0 Å². The molecule has 0 atom stereocenters. The van der Waals surface area contributed by atoms with Crippen LogP contribution in [0.25, 0.3) is 28.2 Å². The predicted octanol–water partition coefficient (Wildman–Crippen LogP) is 5.31. The van der Waals surface area contributed by atoms with E-state index in [9.17, 15) is 5.26 Å². The first-order chi connectivity index (χ1) is 15.5. The number of benzene rings is 1. The Morgan fingerprint density at radius 1 is 1.19 bits per heavy atom. The summed E-state index contributed by atoms with van der Waals surface area (Å²) in [7, 11) is 0. The summed E-state index contributed by atoms with van der Waals surface area (Å²) < 4.78 is 2.16. The van der Waals surface area contributed by atoms with E-state index in [4.69, 9.17) is 5.73 Å². The molecule has 1 aliphatic rings. The number of nitrogens with two attached hydrogens (primary N) is 1. The van der Waals surface area contributed by atoms with Gasteiger partial charge in [0.15, 0.2) is 0 Å². The Morgan fingerprint density at radius 3 is 2.56 bits per heavy atom. The maximum absolute atomic E-state index is 10.1. The number of nitrogens with zero attached hydrogens (tertiary/aromatic N) is 5. The molecular formula is C26H30N6. The van der Waals surface area contributed by atoms with E-state index < -0.39 is 0 Å². The maximum Gasteiger partial charge on any atom is 0.146 e. The van der Waals surface area contributed by atoms with Gasteiger partial charge in [-0.05, 0) is 44.2 Å². The largest absolute Gasteiger partial charge is 0.383 e. The predicted molar refractivity (Wildman–Crippen MR) is 131 cm³/mol. The number of nitrogen functional groups attached to an aromatic ring is 1. The number of anilines is 1. The molecule has 2 N–H and O–H groups in total. The van der Waals surface area contributed by atoms with Crippen molar-refractivity contribution in [1.29, 1.82) is 5.26 Å². The van der Waals surface area contributed by atoms with Gasteiger partial charge in [0.05, 0.1) is 16.7 Å². The fourth-order valence-electron chi connectivity index (χ4n) is 4.47. The van der Waals surface area contributed by atoms with Crippen molar-refractivity contribution in [1.82, 2.24) is 19.4 Å². The number of rotatable bonds is 6. The Bertz CT molecular complexity index is 1200. The lowest BCUT2D eigenvalue weighted by atomic mass is 9.99. The maximum atomic E-state index is 10.1. The molecular weight excluding hydrogens is 396 g/mol. The molecule has 1 aromatic carbocycles. The Kier molecular flexibility index (Phi) is 6.27. The van der Waals surface area contributed by atoms with Gasteiger partial charge in [-0.3, -0.25) is 0 Å². The van der Waals surface area contributed by atoms with Crippen LogP contribution < -0.4 is 5.73 Å². The van der Waals surface area contributed by atoms with Crippen LogP contribution in [-0.4, -0.2) is 32.5 Å². The molecule has 0 bridgehead atoms. The standard InChI is InChI=1S/C26H30N6/c1-4-12-32-22(15-21(16-27)19(3)31-13-6-5-7-14-31)23(20-10-8-18(2)9-11-20)24-25(28)29-17-30-26(24)32/h8-11,15,17H,3-7,12-14H2,1-2H3,(H2,28,29,30)/b21-15+. The van der Waals surface area contributed by atoms with E-state index in [2.05, 4.69) is 70.2 Å². The molecule has 0 aliphatic carbocycles. The van der Waals surface area contributed by atoms with Crippen LogP contribution in [-0.2, 0) is 6.54 Å². The summed E-state index contributed by atoms with van der Waals surface area (Å²) in [4.78, 5) is 11.1. The van der Waals surface area contributed by atoms with Crippen molar-refractivity contribution in [2.75, 3.05) is 18.8 Å². The van der Waals surface area contributed by atoms with E-state index in [0.717, 1.165) is 72.4 Å². The third kappa shape index (κ3) is 3.99. The Balaban J connectivity index is 1.97. The van der Waals surface area contributed by atoms with Gasteiger partial charge in [0.1, 0.15) is 23.9 Å². The van der Waals surface area contributed by atoms with Gasteiger partial charge in [-0.2, -0.15) is 5.26 Å². The van der Waals surface area contributed by atoms with Crippen molar-refractivity contribution >= 4 is 22.9 Å². The quantitative estimate of drug-likeness (QED) is 0.427. The van der Waals surface area contributed by atoms with Gasteiger partial charge in [-0.1, -0.05) is 43.3 Å². The highest BCUT2D eigenvalue weighted by Crippen LogP contribution is 2.38. The zero-order valence-corrected chi connectivity index (χ0v) is 18.9. The average Bonchev–Trinajstić information content (AvgIpc) is 3.12. The number of fused-ring (bicyclic) bond motifs is 1. The monoisotopic (exact) mass is 426 g/mol. The number of allylic oxidation sites excluding steroid dienone is 1. The highest BCUT2D eigenvalue weighted by atomic mass is 15.1. The second-order valence-electron chi connectivity index (χ2n) is 8.40. The van der Waals surface area contributed by atoms with Crippen LogP contribution in [0.2, 0.25) is 0 Å². The summed E-state index contributed by atoms with van der Waals surface area (Å²) in [6.07, 6.45) is 7.90. The second-order valence-corrected chi connectivity index (χ2v) is 8.40. The third-order valence-corrected chi connectivity index (χ3v) is 6.15. The zero-order chi connectivity index (χ0) is 22.7. The Morgan fingerprint density at radius 2 is 1.91 bits per heavy atom. The molecule has 3 heterocycles. The fraction of sp³-hybridized carbons (Fsp3) is 0.346. The number of hydrogen-bond donors (Lipinski definition) is 1. The van der Waals surface area contributed by atoms with Crippen LogP contribution in [0.1, 0.15) is 43.9 Å². The minimum Gasteiger partial charge on any atom is -0.383 e. The van der Waals surface area contributed by atoms with Gasteiger partial charge < -0.3 is 15.2 Å². The van der Waals surface area contributed by atoms with E-state index in [-0.39, 0.29) is 0 Å². The summed E-state index contributed by atoms with van der Waals surface area (Å²) in [5, 5.41) is 10.9. The minimum absolute atomic E-state index is 0.448. The molecule has 0 saturated carbocycles. The normalized spacial score (nSPS) is 14.5. The number of aryl methyl sites for hydroxylation is 2. The molecule has 164 valence electrons. The van der Waals surface area contributed by atoms with Crippen LogP contribution >= 0.6 is 0 Å². The molecule has 4 rings (SSSR count). The summed E-state index contributed by atoms with van der Waals surface area (Å²) in [5.74, 6) is 0.448. The third-order valence-electron chi connectivity index (χ3n) is 6.15. The summed E-state index contributed by atoms with van der Waals surface area (Å²) in [6.45, 7) is 11.1. The Labute approximate surface area is 189 Å². The van der Waals surface area contributed by atoms with Crippen LogP contribution in [0.4, 0.5) is 5.82 Å². The van der Waals surface area contributed by atoms with Crippen LogP contribution in [0.15, 0.2) is 48.4 Å². The molecule has 3 aromatic rings. The summed E-state index contributed by atoms with van der Waals surface area (Å²) >= 11 is 0. The summed E-state index contributed by atoms with van der Waals surface area (Å²) in [6, 6.07) is 10.8. The van der Waals surface area contributed by atoms with Crippen molar-refractivity contribution in [3.05, 3.63) is 59.7 Å². The van der Waals surface area contributed by atoms with E-state index >= 15 is 0 Å². The zero-order valence-electron chi connectivity index (χ0n) is 18.9. The number of likely N-dealkylation sites (tertiary alicyclic amines) is 1. The SMILES string of the molecule is C=C(/C(C#N)=C/c1c(-c2ccc(C)cc2)c2c(N)ncnc2n1CCC)N1CCCCC1. The summed E-state index contributed by atoms with van der Waals surface area (Å²) in [5.41, 5.74) is 12.6. The molecule has 6 nitrogen and oxygen atoms in total. The van der Waals surface area contributed by atoms with Crippen LogP contribution in [0.3, 0.4) is 0 Å². The lowest BCUT2D eigenvalue weighted by Gasteiger charge is -2.30. The van der Waals surface area contributed by atoms with Crippen molar-refractivity contribution in [2.24, 2.45) is 0 Å². The second kappa shape index (κ2) is 9.27. The molecule has 0 spiro atoms. The molecule has 0 amide bonds. The van der Waals surface area contributed by atoms with Gasteiger partial charge in [-0.25, -0.2) is 9.97 Å². The van der Waals surface area contributed by atoms with Crippen LogP contribution in [0.5, 0.6) is 0 Å². The number of hydrogen-bond acceptors (Lipinski definition) is 5. The molecule has 6 heteroatoms. The molecule has 1 saturated heterocycles. The molecule has 1 aliphatic heterocycles. The van der Waals surface area contributed by atoms with Gasteiger partial charge in [0.25, 0.3) is 0 Å². The lowest BCUT2D eigenvalue weighted by Crippen LogP contribution is -2.29. The molecule has 0 radical (unpaired) electrons. The first kappa shape index (κ1) is 21.6. The fourth-order valence-corrected chi connectivity index (χ4v) is 4.47. The molecule has 1 fully saturated rings. The van der Waals surface area contributed by atoms with E-state index in [1.54, 1.807) is 0 Å². The highest BCUT2D eigenvalue weighted by molar-refractivity contribution is 6.05. The van der Waals surface area contributed by atoms with E-state index in [0.29, 0.717) is 11.4 Å². The molecule has 32 heavy (non-hydrogen) atoms. The van der Waals surface area contributed by atoms with Gasteiger partial charge in [0, 0.05) is 30.9 Å². The smallest absolute Gasteiger partial charge is 0.146 e. The average molecular weight is 427 g/mol. The van der Waals surface area contributed by atoms with Crippen molar-refractivity contribution in [2.45, 2.75) is 46.1 Å². The van der Waals surface area contributed by atoms with Crippen molar-refractivity contribution < 1.29 is 0 Å². The van der Waals surface area contributed by atoms with Crippen molar-refractivity contribution in [3.8, 4) is 17.2 Å². The first-order valence-electron chi connectivity index (χ1n) is 11.3. The molecule has 0 unspecified atom stereocenters. The topological polar surface area (TPSA) is 83.8 Å². The van der Waals surface area contributed by atoms with E-state index in [1.165, 1.54) is 18.3 Å². The highest BCUT2D eigenvalue weighted by Gasteiger charge is 2.22. The number of aromatic nitrogens is 3. The molecule has 2 aromatic heterocycles. The van der Waals surface area contributed by atoms with Gasteiger partial charge in [0.2, 0.25) is 0 Å². The Hall–Kier alpha value is -3.59. The minimum atomic E-state index is 0.448. The number of piperidine rings is 1. The van der Waals surface area contributed by atoms with Crippen molar-refractivity contribution in [3.63, 3.8) is 0 Å². The van der Waals surface area contributed by atoms with Gasteiger partial charge >= 0.3 is 0 Å². The van der Waals surface area contributed by atoms with E-state index in [1.807, 2.05) is 6.08 Å². The van der Waals surface area contributed by atoms with Crippen LogP contribution in [0, 0.1) is 18.3 Å².